The van der Waals surface area contributed by atoms with Crippen molar-refractivity contribution in [1.29, 1.82) is 0 Å². The van der Waals surface area contributed by atoms with Gasteiger partial charge in [0.1, 0.15) is 5.82 Å². The lowest BCUT2D eigenvalue weighted by Crippen LogP contribution is -2.12. The van der Waals surface area contributed by atoms with Gasteiger partial charge < -0.3 is 0 Å². The van der Waals surface area contributed by atoms with E-state index < -0.39 is 0 Å². The van der Waals surface area contributed by atoms with Crippen molar-refractivity contribution in [2.75, 3.05) is 0 Å². The summed E-state index contributed by atoms with van der Waals surface area (Å²) in [5.41, 5.74) is 5.40. The van der Waals surface area contributed by atoms with Crippen LogP contribution in [0.3, 0.4) is 0 Å². The molecule has 0 saturated heterocycles. The summed E-state index contributed by atoms with van der Waals surface area (Å²) in [6.45, 7) is 6.36. The van der Waals surface area contributed by atoms with Crippen LogP contribution in [-0.4, -0.2) is 0 Å². The molecule has 18 heavy (non-hydrogen) atoms. The zero-order valence-corrected chi connectivity index (χ0v) is 11.0. The molecule has 0 nitrogen and oxygen atoms in total. The summed E-state index contributed by atoms with van der Waals surface area (Å²) in [4.78, 5) is 0. The Labute approximate surface area is 107 Å². The van der Waals surface area contributed by atoms with Gasteiger partial charge in [-0.1, -0.05) is 51.1 Å². The normalized spacial score (nSPS) is 13.3. The van der Waals surface area contributed by atoms with Crippen LogP contribution in [0.4, 0.5) is 4.39 Å². The molecule has 0 N–H and O–H groups in total. The SMILES string of the molecule is CC(C)(C)c1cc(F)c2c(c1)-c1ccccc1C2. The molecule has 2 aromatic rings. The highest BCUT2D eigenvalue weighted by atomic mass is 19.1. The summed E-state index contributed by atoms with van der Waals surface area (Å²) in [5.74, 6) is -0.0615. The van der Waals surface area contributed by atoms with Crippen LogP contribution in [0.25, 0.3) is 11.1 Å². The molecule has 0 fully saturated rings. The molecule has 0 radical (unpaired) electrons. The maximum atomic E-state index is 14.2. The second-order valence-electron chi connectivity index (χ2n) is 6.07. The molecule has 0 spiro atoms. The Morgan fingerprint density at radius 1 is 1.00 bits per heavy atom. The third-order valence-corrected chi connectivity index (χ3v) is 3.74. The minimum absolute atomic E-state index is 0.0204. The summed E-state index contributed by atoms with van der Waals surface area (Å²) in [7, 11) is 0. The monoisotopic (exact) mass is 240 g/mol. The van der Waals surface area contributed by atoms with Gasteiger partial charge in [0.05, 0.1) is 0 Å². The lowest BCUT2D eigenvalue weighted by molar-refractivity contribution is 0.569. The van der Waals surface area contributed by atoms with Crippen LogP contribution in [0.5, 0.6) is 0 Å². The highest BCUT2D eigenvalue weighted by Crippen LogP contribution is 2.40. The Hall–Kier alpha value is -1.63. The smallest absolute Gasteiger partial charge is 0.127 e. The first-order valence-corrected chi connectivity index (χ1v) is 6.38. The second-order valence-corrected chi connectivity index (χ2v) is 6.07. The number of fused-ring (bicyclic) bond motifs is 3. The van der Waals surface area contributed by atoms with E-state index in [-0.39, 0.29) is 11.2 Å². The second kappa shape index (κ2) is 3.68. The van der Waals surface area contributed by atoms with Gasteiger partial charge >= 0.3 is 0 Å². The maximum Gasteiger partial charge on any atom is 0.127 e. The third-order valence-electron chi connectivity index (χ3n) is 3.74. The molecule has 2 aromatic carbocycles. The molecule has 0 bridgehead atoms. The van der Waals surface area contributed by atoms with E-state index in [0.717, 1.165) is 23.1 Å². The van der Waals surface area contributed by atoms with Crippen LogP contribution in [0.2, 0.25) is 0 Å². The lowest BCUT2D eigenvalue weighted by atomic mass is 9.85. The van der Waals surface area contributed by atoms with E-state index in [1.807, 2.05) is 12.1 Å². The molecule has 0 saturated carbocycles. The summed E-state index contributed by atoms with van der Waals surface area (Å²) in [5, 5.41) is 0. The zero-order chi connectivity index (χ0) is 12.9. The highest BCUT2D eigenvalue weighted by Gasteiger charge is 2.24. The van der Waals surface area contributed by atoms with Crippen molar-refractivity contribution < 1.29 is 4.39 Å². The average Bonchev–Trinajstić information content (AvgIpc) is 2.67. The van der Waals surface area contributed by atoms with E-state index in [1.54, 1.807) is 6.07 Å². The van der Waals surface area contributed by atoms with E-state index in [4.69, 9.17) is 0 Å². The largest absolute Gasteiger partial charge is 0.207 e. The van der Waals surface area contributed by atoms with Gasteiger partial charge in [-0.15, -0.1) is 0 Å². The molecular weight excluding hydrogens is 223 g/mol. The number of benzene rings is 2. The quantitative estimate of drug-likeness (QED) is 0.534. The number of hydrogen-bond acceptors (Lipinski definition) is 0. The molecule has 0 aliphatic heterocycles. The molecule has 1 heteroatoms. The molecule has 1 aliphatic carbocycles. The van der Waals surface area contributed by atoms with Gasteiger partial charge in [-0.05, 0) is 33.7 Å². The van der Waals surface area contributed by atoms with E-state index >= 15 is 0 Å². The molecule has 0 aromatic heterocycles. The molecule has 3 rings (SSSR count). The van der Waals surface area contributed by atoms with Crippen molar-refractivity contribution in [1.82, 2.24) is 0 Å². The Morgan fingerprint density at radius 2 is 1.72 bits per heavy atom. The van der Waals surface area contributed by atoms with Crippen LogP contribution in [0.15, 0.2) is 36.4 Å². The van der Waals surface area contributed by atoms with Crippen LogP contribution in [-0.2, 0) is 11.8 Å². The minimum atomic E-state index is -0.0615. The van der Waals surface area contributed by atoms with Crippen molar-refractivity contribution in [2.45, 2.75) is 32.6 Å². The predicted molar refractivity (Wildman–Crippen MR) is 73.3 cm³/mol. The first-order chi connectivity index (χ1) is 8.47. The van der Waals surface area contributed by atoms with Crippen LogP contribution >= 0.6 is 0 Å². The topological polar surface area (TPSA) is 0 Å². The van der Waals surface area contributed by atoms with Gasteiger partial charge in [0.2, 0.25) is 0 Å². The van der Waals surface area contributed by atoms with Gasteiger partial charge in [0.15, 0.2) is 0 Å². The molecular formula is C17H17F. The van der Waals surface area contributed by atoms with Crippen molar-refractivity contribution in [3.8, 4) is 11.1 Å². The van der Waals surface area contributed by atoms with Gasteiger partial charge in [0.25, 0.3) is 0 Å². The zero-order valence-electron chi connectivity index (χ0n) is 11.0. The Morgan fingerprint density at radius 3 is 2.44 bits per heavy atom. The molecule has 0 atom stereocenters. The van der Waals surface area contributed by atoms with Gasteiger partial charge in [0, 0.05) is 12.0 Å². The molecule has 1 aliphatic rings. The average molecular weight is 240 g/mol. The van der Waals surface area contributed by atoms with E-state index in [1.165, 1.54) is 11.1 Å². The Bertz CT molecular complexity index is 618. The van der Waals surface area contributed by atoms with Crippen LogP contribution < -0.4 is 0 Å². The predicted octanol–water partition coefficient (Wildman–Crippen LogP) is 4.69. The first kappa shape index (κ1) is 11.5. The number of halogens is 1. The fourth-order valence-corrected chi connectivity index (χ4v) is 2.62. The van der Waals surface area contributed by atoms with Gasteiger partial charge in [-0.2, -0.15) is 0 Å². The minimum Gasteiger partial charge on any atom is -0.207 e. The molecule has 0 unspecified atom stereocenters. The number of rotatable bonds is 0. The van der Waals surface area contributed by atoms with Crippen molar-refractivity contribution in [3.05, 3.63) is 58.9 Å². The standard InChI is InChI=1S/C17H17F/c1-17(2,3)12-9-14-13-7-5-4-6-11(13)8-15(14)16(18)10-12/h4-7,9-10H,8H2,1-3H3. The first-order valence-electron chi connectivity index (χ1n) is 6.38. The summed E-state index contributed by atoms with van der Waals surface area (Å²) in [6, 6.07) is 12.1. The van der Waals surface area contributed by atoms with Crippen molar-refractivity contribution in [3.63, 3.8) is 0 Å². The highest BCUT2D eigenvalue weighted by molar-refractivity contribution is 5.77. The van der Waals surface area contributed by atoms with E-state index in [2.05, 4.69) is 39.0 Å². The van der Waals surface area contributed by atoms with E-state index in [9.17, 15) is 4.39 Å². The van der Waals surface area contributed by atoms with Gasteiger partial charge in [-0.25, -0.2) is 4.39 Å². The summed E-state index contributed by atoms with van der Waals surface area (Å²) < 4.78 is 14.2. The number of hydrogen-bond donors (Lipinski definition) is 0. The fourth-order valence-electron chi connectivity index (χ4n) is 2.62. The van der Waals surface area contributed by atoms with Gasteiger partial charge in [-0.3, -0.25) is 0 Å². The van der Waals surface area contributed by atoms with E-state index in [0.29, 0.717) is 0 Å². The fraction of sp³-hybridized carbons (Fsp3) is 0.294. The third kappa shape index (κ3) is 1.66. The Balaban J connectivity index is 2.25. The summed E-state index contributed by atoms with van der Waals surface area (Å²) >= 11 is 0. The van der Waals surface area contributed by atoms with Crippen LogP contribution in [0, 0.1) is 5.82 Å². The Kier molecular flexibility index (Phi) is 2.34. The van der Waals surface area contributed by atoms with Crippen LogP contribution in [0.1, 0.15) is 37.5 Å². The lowest BCUT2D eigenvalue weighted by Gasteiger charge is -2.20. The maximum absolute atomic E-state index is 14.2. The summed E-state index contributed by atoms with van der Waals surface area (Å²) in [6.07, 6.45) is 0.724. The molecule has 0 amide bonds. The molecule has 0 heterocycles. The van der Waals surface area contributed by atoms with Crippen molar-refractivity contribution in [2.24, 2.45) is 0 Å². The molecule has 92 valence electrons. The van der Waals surface area contributed by atoms with Crippen molar-refractivity contribution >= 4 is 0 Å².